The highest BCUT2D eigenvalue weighted by molar-refractivity contribution is 6.04. The molecule has 2 aromatic rings. The first-order valence-corrected chi connectivity index (χ1v) is 5.73. The summed E-state index contributed by atoms with van der Waals surface area (Å²) in [5.74, 6) is -1.76. The number of carbonyl (C=O) groups is 2. The van der Waals surface area contributed by atoms with Gasteiger partial charge in [-0.15, -0.1) is 0 Å². The molecular formula is C14H11NO5. The molecule has 0 aliphatic rings. The van der Waals surface area contributed by atoms with Crippen molar-refractivity contribution in [2.75, 3.05) is 5.32 Å². The number of carbonyl (C=O) groups excluding carboxylic acids is 1. The first kappa shape index (κ1) is 13.5. The van der Waals surface area contributed by atoms with E-state index >= 15 is 0 Å². The summed E-state index contributed by atoms with van der Waals surface area (Å²) in [5.41, 5.74) is -0.823. The van der Waals surface area contributed by atoms with Gasteiger partial charge < -0.3 is 14.8 Å². The average molecular weight is 273 g/mol. The second-order valence-corrected chi connectivity index (χ2v) is 4.04. The van der Waals surface area contributed by atoms with Crippen molar-refractivity contribution in [3.8, 4) is 0 Å². The zero-order valence-electron chi connectivity index (χ0n) is 10.5. The molecule has 2 rings (SSSR count). The second-order valence-electron chi connectivity index (χ2n) is 4.04. The molecule has 6 heteroatoms. The Hall–Kier alpha value is -2.89. The number of amides is 1. The fourth-order valence-corrected chi connectivity index (χ4v) is 1.64. The highest BCUT2D eigenvalue weighted by Crippen LogP contribution is 2.12. The zero-order valence-corrected chi connectivity index (χ0v) is 10.5. The Morgan fingerprint density at radius 2 is 1.85 bits per heavy atom. The van der Waals surface area contributed by atoms with Crippen LogP contribution in [0.1, 0.15) is 26.5 Å². The van der Waals surface area contributed by atoms with Crippen LogP contribution in [0.3, 0.4) is 0 Å². The molecule has 0 fully saturated rings. The number of aryl methyl sites for hydroxylation is 1. The van der Waals surface area contributed by atoms with Crippen LogP contribution in [0.15, 0.2) is 45.6 Å². The molecule has 0 aliphatic heterocycles. The van der Waals surface area contributed by atoms with Crippen molar-refractivity contribution in [2.45, 2.75) is 6.92 Å². The molecule has 0 bridgehead atoms. The molecule has 1 amide bonds. The number of hydrogen-bond donors (Lipinski definition) is 2. The Morgan fingerprint density at radius 1 is 1.20 bits per heavy atom. The lowest BCUT2D eigenvalue weighted by atomic mass is 10.2. The maximum Gasteiger partial charge on any atom is 0.359 e. The van der Waals surface area contributed by atoms with Crippen molar-refractivity contribution in [3.63, 3.8) is 0 Å². The summed E-state index contributed by atoms with van der Waals surface area (Å²) in [6.07, 6.45) is 0. The van der Waals surface area contributed by atoms with E-state index in [4.69, 9.17) is 9.52 Å². The summed E-state index contributed by atoms with van der Waals surface area (Å²) in [6, 6.07) is 9.33. The fourth-order valence-electron chi connectivity index (χ4n) is 1.64. The van der Waals surface area contributed by atoms with E-state index < -0.39 is 17.5 Å². The van der Waals surface area contributed by atoms with Crippen LogP contribution >= 0.6 is 0 Å². The zero-order chi connectivity index (χ0) is 14.7. The molecule has 6 nitrogen and oxygen atoms in total. The average Bonchev–Trinajstić information content (AvgIpc) is 2.42. The van der Waals surface area contributed by atoms with Crippen molar-refractivity contribution in [1.82, 2.24) is 0 Å². The van der Waals surface area contributed by atoms with Gasteiger partial charge in [0, 0.05) is 5.56 Å². The fraction of sp³-hybridized carbons (Fsp3) is 0.0714. The van der Waals surface area contributed by atoms with Gasteiger partial charge in [-0.05, 0) is 25.1 Å². The molecule has 1 aromatic heterocycles. The minimum Gasteiger partial charge on any atom is -0.478 e. The largest absolute Gasteiger partial charge is 0.478 e. The molecule has 0 spiro atoms. The topological polar surface area (TPSA) is 96.6 Å². The van der Waals surface area contributed by atoms with Crippen LogP contribution in [0.4, 0.5) is 5.69 Å². The first-order chi connectivity index (χ1) is 9.49. The lowest BCUT2D eigenvalue weighted by Gasteiger charge is -2.06. The van der Waals surface area contributed by atoms with Gasteiger partial charge in [0.25, 0.3) is 5.91 Å². The predicted molar refractivity (Wildman–Crippen MR) is 71.1 cm³/mol. The Bertz CT molecular complexity index is 718. The Kier molecular flexibility index (Phi) is 3.65. The smallest absolute Gasteiger partial charge is 0.359 e. The van der Waals surface area contributed by atoms with Crippen LogP contribution in [-0.2, 0) is 0 Å². The molecule has 0 saturated heterocycles. The van der Waals surface area contributed by atoms with Crippen molar-refractivity contribution >= 4 is 17.6 Å². The van der Waals surface area contributed by atoms with Gasteiger partial charge in [0.15, 0.2) is 0 Å². The van der Waals surface area contributed by atoms with E-state index in [0.717, 1.165) is 6.07 Å². The number of carboxylic acid groups (broad SMARTS) is 1. The summed E-state index contributed by atoms with van der Waals surface area (Å²) in [7, 11) is 0. The van der Waals surface area contributed by atoms with Gasteiger partial charge >= 0.3 is 11.6 Å². The summed E-state index contributed by atoms with van der Waals surface area (Å²) in [4.78, 5) is 34.5. The lowest BCUT2D eigenvalue weighted by Crippen LogP contribution is -2.19. The van der Waals surface area contributed by atoms with Gasteiger partial charge in [-0.25, -0.2) is 9.59 Å². The molecule has 0 unspecified atom stereocenters. The van der Waals surface area contributed by atoms with Gasteiger partial charge in [-0.2, -0.15) is 0 Å². The molecule has 102 valence electrons. The minimum atomic E-state index is -1.23. The van der Waals surface area contributed by atoms with Crippen molar-refractivity contribution in [3.05, 3.63) is 63.7 Å². The van der Waals surface area contributed by atoms with Gasteiger partial charge in [0.2, 0.25) is 0 Å². The van der Waals surface area contributed by atoms with E-state index in [1.165, 1.54) is 6.92 Å². The van der Waals surface area contributed by atoms with Gasteiger partial charge in [-0.1, -0.05) is 18.2 Å². The second kappa shape index (κ2) is 5.40. The first-order valence-electron chi connectivity index (χ1n) is 5.73. The molecule has 0 atom stereocenters. The van der Waals surface area contributed by atoms with Gasteiger partial charge in [0.05, 0.1) is 5.56 Å². The van der Waals surface area contributed by atoms with Crippen LogP contribution in [0.5, 0.6) is 0 Å². The normalized spacial score (nSPS) is 10.1. The van der Waals surface area contributed by atoms with Crippen LogP contribution in [0.2, 0.25) is 0 Å². The van der Waals surface area contributed by atoms with Crippen LogP contribution in [0.25, 0.3) is 0 Å². The van der Waals surface area contributed by atoms with Crippen LogP contribution in [0, 0.1) is 6.92 Å². The lowest BCUT2D eigenvalue weighted by molar-refractivity contribution is 0.0692. The molecule has 1 heterocycles. The summed E-state index contributed by atoms with van der Waals surface area (Å²) >= 11 is 0. The Labute approximate surface area is 113 Å². The number of anilines is 1. The highest BCUT2D eigenvalue weighted by atomic mass is 16.4. The van der Waals surface area contributed by atoms with E-state index in [0.29, 0.717) is 5.56 Å². The molecule has 0 radical (unpaired) electrons. The highest BCUT2D eigenvalue weighted by Gasteiger charge is 2.15. The Balaban J connectivity index is 2.35. The quantitative estimate of drug-likeness (QED) is 0.890. The maximum atomic E-state index is 11.9. The predicted octanol–water partition coefficient (Wildman–Crippen LogP) is 1.90. The third-order valence-electron chi connectivity index (χ3n) is 2.65. The van der Waals surface area contributed by atoms with E-state index in [1.807, 2.05) is 0 Å². The van der Waals surface area contributed by atoms with E-state index in [9.17, 15) is 14.4 Å². The third kappa shape index (κ3) is 2.74. The van der Waals surface area contributed by atoms with Crippen LogP contribution < -0.4 is 10.9 Å². The van der Waals surface area contributed by atoms with Gasteiger partial charge in [-0.3, -0.25) is 4.79 Å². The number of carboxylic acids is 1. The molecular weight excluding hydrogens is 262 g/mol. The van der Waals surface area contributed by atoms with Crippen molar-refractivity contribution < 1.29 is 19.1 Å². The summed E-state index contributed by atoms with van der Waals surface area (Å²) in [6.45, 7) is 1.37. The van der Waals surface area contributed by atoms with E-state index in [-0.39, 0.29) is 17.0 Å². The molecule has 2 N–H and O–H groups in total. The van der Waals surface area contributed by atoms with E-state index in [2.05, 4.69) is 5.32 Å². The summed E-state index contributed by atoms with van der Waals surface area (Å²) < 4.78 is 4.79. The number of benzene rings is 1. The standard InChI is InChI=1S/C14H11NO5/c1-8-10(13(17)18)7-11(14(19)20-8)15-12(16)9-5-3-2-4-6-9/h2-7H,1H3,(H,15,16)(H,17,18). The Morgan fingerprint density at radius 3 is 2.45 bits per heavy atom. The monoisotopic (exact) mass is 273 g/mol. The van der Waals surface area contributed by atoms with Crippen molar-refractivity contribution in [2.24, 2.45) is 0 Å². The van der Waals surface area contributed by atoms with Gasteiger partial charge in [0.1, 0.15) is 11.4 Å². The SMILES string of the molecule is Cc1oc(=O)c(NC(=O)c2ccccc2)cc1C(=O)O. The number of aromatic carboxylic acids is 1. The minimum absolute atomic E-state index is 0.0137. The number of hydrogen-bond acceptors (Lipinski definition) is 4. The number of nitrogens with one attached hydrogen (secondary N) is 1. The van der Waals surface area contributed by atoms with E-state index in [1.54, 1.807) is 30.3 Å². The molecule has 0 aliphatic carbocycles. The van der Waals surface area contributed by atoms with Crippen LogP contribution in [-0.4, -0.2) is 17.0 Å². The number of rotatable bonds is 3. The molecule has 20 heavy (non-hydrogen) atoms. The summed E-state index contributed by atoms with van der Waals surface area (Å²) in [5, 5.41) is 11.3. The molecule has 1 aromatic carbocycles. The third-order valence-corrected chi connectivity index (χ3v) is 2.65. The molecule has 0 saturated carbocycles. The van der Waals surface area contributed by atoms with Crippen molar-refractivity contribution in [1.29, 1.82) is 0 Å². The maximum absolute atomic E-state index is 11.9.